The molecule has 1 unspecified atom stereocenters. The molecule has 1 aliphatic rings. The first kappa shape index (κ1) is 13.5. The molecule has 1 heterocycles. The lowest BCUT2D eigenvalue weighted by molar-refractivity contribution is -0.115. The van der Waals surface area contributed by atoms with E-state index >= 15 is 0 Å². The Morgan fingerprint density at radius 3 is 2.83 bits per heavy atom. The topological polar surface area (TPSA) is 72.2 Å². The van der Waals surface area contributed by atoms with Crippen LogP contribution in [0.3, 0.4) is 0 Å². The van der Waals surface area contributed by atoms with Crippen LogP contribution >= 0.6 is 27.3 Å². The standard InChI is InChI=1S/C12H15BrN2O2S/c1-2-7(13)11(17)15-12-9(10(14)16)6-4-3-5-8(6)18-12/h7H,2-5H2,1H3,(H2,14,16)(H,15,17). The summed E-state index contributed by atoms with van der Waals surface area (Å²) in [5.41, 5.74) is 6.96. The first-order chi connectivity index (χ1) is 8.54. The van der Waals surface area contributed by atoms with E-state index in [0.29, 0.717) is 17.0 Å². The van der Waals surface area contributed by atoms with E-state index in [9.17, 15) is 9.59 Å². The number of aryl methyl sites for hydroxylation is 1. The predicted octanol–water partition coefficient (Wildman–Crippen LogP) is 2.45. The van der Waals surface area contributed by atoms with Gasteiger partial charge < -0.3 is 11.1 Å². The molecular weight excluding hydrogens is 316 g/mol. The monoisotopic (exact) mass is 330 g/mol. The first-order valence-corrected chi connectivity index (χ1v) is 7.67. The number of fused-ring (bicyclic) bond motifs is 1. The van der Waals surface area contributed by atoms with E-state index in [4.69, 9.17) is 5.73 Å². The Labute approximate surface area is 118 Å². The highest BCUT2D eigenvalue weighted by atomic mass is 79.9. The number of primary amides is 1. The molecule has 1 aliphatic carbocycles. The minimum Gasteiger partial charge on any atom is -0.365 e. The van der Waals surface area contributed by atoms with Gasteiger partial charge in [-0.3, -0.25) is 9.59 Å². The lowest BCUT2D eigenvalue weighted by atomic mass is 10.1. The quantitative estimate of drug-likeness (QED) is 0.832. The van der Waals surface area contributed by atoms with Crippen LogP contribution in [0.25, 0.3) is 0 Å². The number of nitrogens with two attached hydrogens (primary N) is 1. The second-order valence-corrected chi connectivity index (χ2v) is 6.50. The SMILES string of the molecule is CCC(Br)C(=O)Nc1sc2c(c1C(N)=O)CCC2. The van der Waals surface area contributed by atoms with Crippen LogP contribution in [0.1, 0.15) is 40.6 Å². The molecule has 0 saturated heterocycles. The lowest BCUT2D eigenvalue weighted by Crippen LogP contribution is -2.23. The molecule has 0 aliphatic heterocycles. The normalized spacial score (nSPS) is 15.2. The number of anilines is 1. The number of carbonyl (C=O) groups is 2. The molecule has 18 heavy (non-hydrogen) atoms. The van der Waals surface area contributed by atoms with Crippen LogP contribution in [0.2, 0.25) is 0 Å². The van der Waals surface area contributed by atoms with Crippen LogP contribution in [-0.2, 0) is 17.6 Å². The summed E-state index contributed by atoms with van der Waals surface area (Å²) in [6.07, 6.45) is 3.61. The Balaban J connectivity index is 2.29. The van der Waals surface area contributed by atoms with Gasteiger partial charge in [0.2, 0.25) is 5.91 Å². The average Bonchev–Trinajstić information content (AvgIpc) is 2.86. The fraction of sp³-hybridized carbons (Fsp3) is 0.500. The number of halogens is 1. The van der Waals surface area contributed by atoms with Crippen LogP contribution in [0.15, 0.2) is 0 Å². The summed E-state index contributed by atoms with van der Waals surface area (Å²) < 4.78 is 0. The van der Waals surface area contributed by atoms with E-state index in [1.165, 1.54) is 16.2 Å². The van der Waals surface area contributed by atoms with Gasteiger partial charge in [-0.05, 0) is 31.2 Å². The van der Waals surface area contributed by atoms with Crippen molar-refractivity contribution in [2.24, 2.45) is 5.73 Å². The maximum atomic E-state index is 11.8. The third-order valence-electron chi connectivity index (χ3n) is 3.05. The number of thiophene rings is 1. The average molecular weight is 331 g/mol. The Morgan fingerprint density at radius 1 is 1.50 bits per heavy atom. The summed E-state index contributed by atoms with van der Waals surface area (Å²) in [6.45, 7) is 1.92. The van der Waals surface area contributed by atoms with E-state index in [0.717, 1.165) is 24.8 Å². The molecule has 6 heteroatoms. The number of alkyl halides is 1. The minimum atomic E-state index is -0.452. The number of carbonyl (C=O) groups excluding carboxylic acids is 2. The number of hydrogen-bond donors (Lipinski definition) is 2. The Bertz CT molecular complexity index is 499. The van der Waals surface area contributed by atoms with Crippen molar-refractivity contribution in [1.82, 2.24) is 0 Å². The molecule has 0 aromatic carbocycles. The van der Waals surface area contributed by atoms with Crippen molar-refractivity contribution in [3.05, 3.63) is 16.0 Å². The molecule has 4 nitrogen and oxygen atoms in total. The maximum Gasteiger partial charge on any atom is 0.251 e. The molecule has 2 amide bonds. The Kier molecular flexibility index (Phi) is 4.07. The molecule has 0 spiro atoms. The summed E-state index contributed by atoms with van der Waals surface area (Å²) in [5, 5.41) is 3.41. The molecule has 3 N–H and O–H groups in total. The number of hydrogen-bond acceptors (Lipinski definition) is 3. The van der Waals surface area contributed by atoms with E-state index < -0.39 is 5.91 Å². The molecule has 1 atom stereocenters. The molecular formula is C12H15BrN2O2S. The van der Waals surface area contributed by atoms with Crippen molar-refractivity contribution in [3.8, 4) is 0 Å². The highest BCUT2D eigenvalue weighted by molar-refractivity contribution is 9.10. The maximum absolute atomic E-state index is 11.8. The van der Waals surface area contributed by atoms with E-state index in [1.807, 2.05) is 6.92 Å². The van der Waals surface area contributed by atoms with Gasteiger partial charge >= 0.3 is 0 Å². The van der Waals surface area contributed by atoms with Gasteiger partial charge in [0.25, 0.3) is 5.91 Å². The van der Waals surface area contributed by atoms with Crippen LogP contribution in [0.4, 0.5) is 5.00 Å². The zero-order valence-corrected chi connectivity index (χ0v) is 12.5. The van der Waals surface area contributed by atoms with Crippen LogP contribution in [0, 0.1) is 0 Å². The van der Waals surface area contributed by atoms with E-state index in [-0.39, 0.29) is 10.7 Å². The van der Waals surface area contributed by atoms with Gasteiger partial charge in [0.05, 0.1) is 10.4 Å². The van der Waals surface area contributed by atoms with Gasteiger partial charge in [-0.1, -0.05) is 22.9 Å². The molecule has 0 bridgehead atoms. The highest BCUT2D eigenvalue weighted by Gasteiger charge is 2.26. The Hall–Kier alpha value is -0.880. The summed E-state index contributed by atoms with van der Waals surface area (Å²) >= 11 is 4.77. The van der Waals surface area contributed by atoms with Gasteiger partial charge in [-0.2, -0.15) is 0 Å². The Morgan fingerprint density at radius 2 is 2.22 bits per heavy atom. The van der Waals surface area contributed by atoms with Crippen molar-refractivity contribution in [2.75, 3.05) is 5.32 Å². The molecule has 98 valence electrons. The largest absolute Gasteiger partial charge is 0.365 e. The third-order valence-corrected chi connectivity index (χ3v) is 5.32. The molecule has 0 saturated carbocycles. The highest BCUT2D eigenvalue weighted by Crippen LogP contribution is 2.38. The fourth-order valence-corrected chi connectivity index (χ4v) is 3.54. The smallest absolute Gasteiger partial charge is 0.251 e. The molecule has 1 aromatic rings. The number of amides is 2. The second kappa shape index (κ2) is 5.40. The zero-order chi connectivity index (χ0) is 13.3. The fourth-order valence-electron chi connectivity index (χ4n) is 2.13. The van der Waals surface area contributed by atoms with Crippen LogP contribution in [-0.4, -0.2) is 16.6 Å². The molecule has 2 rings (SSSR count). The van der Waals surface area contributed by atoms with Gasteiger partial charge in [0, 0.05) is 4.88 Å². The molecule has 1 aromatic heterocycles. The molecule has 0 radical (unpaired) electrons. The van der Waals surface area contributed by atoms with Crippen LogP contribution < -0.4 is 11.1 Å². The van der Waals surface area contributed by atoms with Crippen molar-refractivity contribution < 1.29 is 9.59 Å². The first-order valence-electron chi connectivity index (χ1n) is 5.93. The minimum absolute atomic E-state index is 0.125. The van der Waals surface area contributed by atoms with Gasteiger partial charge in [-0.25, -0.2) is 0 Å². The van der Waals surface area contributed by atoms with Gasteiger partial charge in [0.15, 0.2) is 0 Å². The summed E-state index contributed by atoms with van der Waals surface area (Å²) in [7, 11) is 0. The van der Waals surface area contributed by atoms with Gasteiger partial charge in [0.1, 0.15) is 5.00 Å². The second-order valence-electron chi connectivity index (χ2n) is 4.29. The number of rotatable bonds is 4. The summed E-state index contributed by atoms with van der Waals surface area (Å²) in [4.78, 5) is 24.3. The zero-order valence-electron chi connectivity index (χ0n) is 10.1. The summed E-state index contributed by atoms with van der Waals surface area (Å²) in [6, 6.07) is 0. The van der Waals surface area contributed by atoms with E-state index in [2.05, 4.69) is 21.2 Å². The van der Waals surface area contributed by atoms with E-state index in [1.54, 1.807) is 0 Å². The molecule has 0 fully saturated rings. The lowest BCUT2D eigenvalue weighted by Gasteiger charge is -2.08. The van der Waals surface area contributed by atoms with Gasteiger partial charge in [-0.15, -0.1) is 11.3 Å². The predicted molar refractivity (Wildman–Crippen MR) is 76.5 cm³/mol. The van der Waals surface area contributed by atoms with Crippen molar-refractivity contribution in [1.29, 1.82) is 0 Å². The number of nitrogens with one attached hydrogen (secondary N) is 1. The third kappa shape index (κ3) is 2.44. The van der Waals surface area contributed by atoms with Crippen molar-refractivity contribution in [3.63, 3.8) is 0 Å². The van der Waals surface area contributed by atoms with Crippen LogP contribution in [0.5, 0.6) is 0 Å². The van der Waals surface area contributed by atoms with Crippen molar-refractivity contribution in [2.45, 2.75) is 37.4 Å². The summed E-state index contributed by atoms with van der Waals surface area (Å²) in [5.74, 6) is -0.577. The van der Waals surface area contributed by atoms with Crippen molar-refractivity contribution >= 4 is 44.1 Å².